The smallest absolute Gasteiger partial charge is 0.123 e. The van der Waals surface area contributed by atoms with Gasteiger partial charge >= 0.3 is 0 Å². The zero-order valence-corrected chi connectivity index (χ0v) is 14.7. The van der Waals surface area contributed by atoms with Crippen LogP contribution in [0, 0.1) is 5.82 Å². The third-order valence-corrected chi connectivity index (χ3v) is 3.82. The molecule has 0 aromatic heterocycles. The van der Waals surface area contributed by atoms with Crippen molar-refractivity contribution in [3.63, 3.8) is 0 Å². The molecule has 0 amide bonds. The van der Waals surface area contributed by atoms with Gasteiger partial charge in [0.05, 0.1) is 6.33 Å². The lowest BCUT2D eigenvalue weighted by Gasteiger charge is -2.02. The molecule has 0 aliphatic heterocycles. The van der Waals surface area contributed by atoms with E-state index in [-0.39, 0.29) is 12.4 Å². The molecule has 4 N–H and O–H groups in total. The van der Waals surface area contributed by atoms with Gasteiger partial charge in [-0.25, -0.2) is 8.78 Å². The van der Waals surface area contributed by atoms with E-state index < -0.39 is 0 Å². The highest BCUT2D eigenvalue weighted by Crippen LogP contribution is 2.12. The van der Waals surface area contributed by atoms with Crippen molar-refractivity contribution < 1.29 is 8.78 Å². The predicted octanol–water partition coefficient (Wildman–Crippen LogP) is 4.80. The second-order valence-electron chi connectivity index (χ2n) is 5.30. The summed E-state index contributed by atoms with van der Waals surface area (Å²) < 4.78 is 24.6. The van der Waals surface area contributed by atoms with Crippen molar-refractivity contribution in [1.82, 2.24) is 0 Å². The second kappa shape index (κ2) is 12.4. The molecule has 0 atom stereocenters. The van der Waals surface area contributed by atoms with Crippen LogP contribution in [0.25, 0.3) is 5.57 Å². The zero-order chi connectivity index (χ0) is 18.5. The molecule has 0 saturated carbocycles. The SMILES string of the molecule is NC/C(=C/Cl)c1ccccc1.NC/C(=C/F)CCc1ccc(F)cc1. The molecule has 0 aliphatic carbocycles. The largest absolute Gasteiger partial charge is 0.327 e. The van der Waals surface area contributed by atoms with E-state index in [4.69, 9.17) is 23.1 Å². The quantitative estimate of drug-likeness (QED) is 0.773. The summed E-state index contributed by atoms with van der Waals surface area (Å²) in [7, 11) is 0. The topological polar surface area (TPSA) is 52.0 Å². The predicted molar refractivity (Wildman–Crippen MR) is 102 cm³/mol. The van der Waals surface area contributed by atoms with Gasteiger partial charge in [0.25, 0.3) is 0 Å². The highest BCUT2D eigenvalue weighted by Gasteiger charge is 1.98. The normalized spacial score (nSPS) is 11.7. The molecule has 0 fully saturated rings. The van der Waals surface area contributed by atoms with Gasteiger partial charge in [-0.2, -0.15) is 0 Å². The highest BCUT2D eigenvalue weighted by atomic mass is 35.5. The number of halogens is 3. The van der Waals surface area contributed by atoms with E-state index >= 15 is 0 Å². The molecule has 0 bridgehead atoms. The first-order valence-electron chi connectivity index (χ1n) is 7.92. The molecule has 2 rings (SSSR count). The van der Waals surface area contributed by atoms with Crippen LogP contribution in [0.3, 0.4) is 0 Å². The molecule has 0 heterocycles. The summed E-state index contributed by atoms with van der Waals surface area (Å²) >= 11 is 5.56. The van der Waals surface area contributed by atoms with Crippen LogP contribution in [-0.4, -0.2) is 13.1 Å². The Kier molecular flexibility index (Phi) is 10.4. The first-order valence-corrected chi connectivity index (χ1v) is 8.35. The van der Waals surface area contributed by atoms with Crippen LogP contribution in [0.2, 0.25) is 0 Å². The van der Waals surface area contributed by atoms with Crippen LogP contribution in [-0.2, 0) is 6.42 Å². The summed E-state index contributed by atoms with van der Waals surface area (Å²) in [5.74, 6) is -0.256. The molecule has 5 heteroatoms. The van der Waals surface area contributed by atoms with Crippen LogP contribution in [0.5, 0.6) is 0 Å². The molecule has 2 aromatic rings. The minimum atomic E-state index is -0.256. The van der Waals surface area contributed by atoms with E-state index in [1.54, 1.807) is 12.1 Å². The molecule has 0 unspecified atom stereocenters. The molecule has 2 nitrogen and oxygen atoms in total. The fourth-order valence-corrected chi connectivity index (χ4v) is 2.25. The Morgan fingerprint density at radius 3 is 2.08 bits per heavy atom. The van der Waals surface area contributed by atoms with Crippen LogP contribution in [0.4, 0.5) is 8.78 Å². The summed E-state index contributed by atoms with van der Waals surface area (Å²) in [6, 6.07) is 16.1. The number of benzene rings is 2. The number of rotatable bonds is 6. The summed E-state index contributed by atoms with van der Waals surface area (Å²) in [5, 5.41) is 0. The fraction of sp³-hybridized carbons (Fsp3) is 0.200. The minimum Gasteiger partial charge on any atom is -0.327 e. The first kappa shape index (κ1) is 21.0. The zero-order valence-electron chi connectivity index (χ0n) is 14.0. The molecule has 134 valence electrons. The maximum atomic E-state index is 12.5. The van der Waals surface area contributed by atoms with Gasteiger partial charge in [-0.05, 0) is 47.2 Å². The van der Waals surface area contributed by atoms with Crippen molar-refractivity contribution in [2.24, 2.45) is 11.5 Å². The van der Waals surface area contributed by atoms with Crippen molar-refractivity contribution in [2.45, 2.75) is 12.8 Å². The van der Waals surface area contributed by atoms with Crippen LogP contribution < -0.4 is 11.5 Å². The van der Waals surface area contributed by atoms with Gasteiger partial charge in [-0.1, -0.05) is 54.1 Å². The molecule has 25 heavy (non-hydrogen) atoms. The molecule has 0 radical (unpaired) electrons. The summed E-state index contributed by atoms with van der Waals surface area (Å²) in [6.45, 7) is 0.714. The van der Waals surface area contributed by atoms with Crippen molar-refractivity contribution in [1.29, 1.82) is 0 Å². The average molecular weight is 365 g/mol. The maximum absolute atomic E-state index is 12.5. The van der Waals surface area contributed by atoms with Gasteiger partial charge in [0.2, 0.25) is 0 Å². The number of aryl methyl sites for hydroxylation is 1. The number of hydrogen-bond acceptors (Lipinski definition) is 2. The van der Waals surface area contributed by atoms with Crippen LogP contribution in [0.1, 0.15) is 17.5 Å². The lowest BCUT2D eigenvalue weighted by Crippen LogP contribution is -2.03. The van der Waals surface area contributed by atoms with Gasteiger partial charge < -0.3 is 11.5 Å². The van der Waals surface area contributed by atoms with Crippen molar-refractivity contribution >= 4 is 17.2 Å². The summed E-state index contributed by atoms with van der Waals surface area (Å²) in [6.07, 6.45) is 1.81. The molecule has 2 aromatic carbocycles. The maximum Gasteiger partial charge on any atom is 0.123 e. The fourth-order valence-electron chi connectivity index (χ4n) is 2.03. The lowest BCUT2D eigenvalue weighted by atomic mass is 10.1. The van der Waals surface area contributed by atoms with Crippen LogP contribution in [0.15, 0.2) is 72.0 Å². The summed E-state index contributed by atoms with van der Waals surface area (Å²) in [5.41, 5.74) is 15.9. The molecule has 0 spiro atoms. The van der Waals surface area contributed by atoms with E-state index in [0.717, 1.165) is 16.7 Å². The number of hydrogen-bond donors (Lipinski definition) is 2. The van der Waals surface area contributed by atoms with Gasteiger partial charge in [-0.15, -0.1) is 0 Å². The molecular weight excluding hydrogens is 342 g/mol. The Hall–Kier alpha value is -2.01. The molecule has 0 saturated heterocycles. The summed E-state index contributed by atoms with van der Waals surface area (Å²) in [4.78, 5) is 0. The van der Waals surface area contributed by atoms with Gasteiger partial charge in [0, 0.05) is 18.6 Å². The third-order valence-electron chi connectivity index (χ3n) is 3.56. The van der Waals surface area contributed by atoms with E-state index in [9.17, 15) is 8.78 Å². The Morgan fingerprint density at radius 1 is 0.960 bits per heavy atom. The average Bonchev–Trinajstić information content (AvgIpc) is 2.66. The molecule has 0 aliphatic rings. The van der Waals surface area contributed by atoms with E-state index in [1.807, 2.05) is 30.3 Å². The standard InChI is InChI=1S/C11H13F2N.C9H10ClN/c12-7-10(8-14)2-1-9-3-5-11(13)6-4-9;10-6-9(7-11)8-4-2-1-3-5-8/h3-7H,1-2,8,14H2;1-6H,7,11H2/b10-7+;9-6-. The van der Waals surface area contributed by atoms with Gasteiger partial charge in [-0.3, -0.25) is 0 Å². The Bertz CT molecular complexity index is 668. The van der Waals surface area contributed by atoms with E-state index in [0.29, 0.717) is 31.3 Å². The third kappa shape index (κ3) is 8.07. The van der Waals surface area contributed by atoms with Crippen molar-refractivity contribution in [3.8, 4) is 0 Å². The van der Waals surface area contributed by atoms with E-state index in [2.05, 4.69) is 0 Å². The highest BCUT2D eigenvalue weighted by molar-refractivity contribution is 6.28. The van der Waals surface area contributed by atoms with Gasteiger partial charge in [0.1, 0.15) is 5.82 Å². The van der Waals surface area contributed by atoms with Crippen molar-refractivity contribution in [2.75, 3.05) is 13.1 Å². The van der Waals surface area contributed by atoms with Crippen molar-refractivity contribution in [3.05, 3.63) is 89.0 Å². The Morgan fingerprint density at radius 2 is 1.60 bits per heavy atom. The molecular formula is C20H23ClF2N2. The van der Waals surface area contributed by atoms with Gasteiger partial charge in [0.15, 0.2) is 0 Å². The van der Waals surface area contributed by atoms with Crippen LogP contribution >= 0.6 is 11.6 Å². The number of nitrogens with two attached hydrogens (primary N) is 2. The van der Waals surface area contributed by atoms with E-state index in [1.165, 1.54) is 17.7 Å². The Labute approximate surface area is 152 Å². The first-order chi connectivity index (χ1) is 12.1. The lowest BCUT2D eigenvalue weighted by molar-refractivity contribution is 0.626. The Balaban J connectivity index is 0.000000257. The minimum absolute atomic E-state index is 0.234. The monoisotopic (exact) mass is 364 g/mol. The second-order valence-corrected chi connectivity index (χ2v) is 5.52.